The summed E-state index contributed by atoms with van der Waals surface area (Å²) in [7, 11) is -3.17. The molecule has 32 heavy (non-hydrogen) atoms. The van der Waals surface area contributed by atoms with Crippen LogP contribution in [0, 0.1) is 18.3 Å². The van der Waals surface area contributed by atoms with Crippen molar-refractivity contribution in [2.75, 3.05) is 12.8 Å². The Bertz CT molecular complexity index is 1280. The molecule has 1 aliphatic rings. The van der Waals surface area contributed by atoms with Crippen LogP contribution in [0.1, 0.15) is 27.8 Å². The molecular weight excluding hydrogens is 483 g/mol. The van der Waals surface area contributed by atoms with E-state index in [9.17, 15) is 8.42 Å². The molecule has 0 aliphatic carbocycles. The quantitative estimate of drug-likeness (QED) is 0.479. The van der Waals surface area contributed by atoms with Crippen molar-refractivity contribution in [2.45, 2.75) is 26.5 Å². The van der Waals surface area contributed by atoms with Gasteiger partial charge in [0.25, 0.3) is 0 Å². The van der Waals surface area contributed by atoms with Gasteiger partial charge in [-0.1, -0.05) is 0 Å². The number of fused-ring (bicyclic) bond motifs is 1. The van der Waals surface area contributed by atoms with Crippen molar-refractivity contribution in [1.29, 1.82) is 5.26 Å². The molecule has 1 unspecified atom stereocenters. The Kier molecular flexibility index (Phi) is 6.71. The van der Waals surface area contributed by atoms with Crippen molar-refractivity contribution in [2.24, 2.45) is 0 Å². The molecule has 3 aromatic carbocycles. The van der Waals surface area contributed by atoms with Crippen LogP contribution in [0.2, 0.25) is 0 Å². The number of rotatable bonds is 6. The Labute approximate surface area is 196 Å². The number of benzene rings is 3. The van der Waals surface area contributed by atoms with E-state index in [2.05, 4.69) is 30.3 Å². The fourth-order valence-electron chi connectivity index (χ4n) is 3.81. The van der Waals surface area contributed by atoms with Gasteiger partial charge < -0.3 is 0 Å². The molecule has 0 N–H and O–H groups in total. The van der Waals surface area contributed by atoms with Crippen molar-refractivity contribution in [3.8, 4) is 11.8 Å². The van der Waals surface area contributed by atoms with E-state index in [1.54, 1.807) is 16.4 Å². The van der Waals surface area contributed by atoms with E-state index in [4.69, 9.17) is 10.00 Å². The van der Waals surface area contributed by atoms with Gasteiger partial charge in [0.2, 0.25) is 0 Å². The Morgan fingerprint density at radius 3 is 2.62 bits per heavy atom. The molecule has 3 aromatic rings. The molecule has 0 bridgehead atoms. The molecule has 0 amide bonds. The molecule has 164 valence electrons. The maximum atomic E-state index is 11.9. The predicted molar refractivity (Wildman–Crippen MR) is 128 cm³/mol. The van der Waals surface area contributed by atoms with E-state index in [0.29, 0.717) is 25.3 Å². The number of sulfonamides is 1. The second kappa shape index (κ2) is 9.50. The first-order valence-electron chi connectivity index (χ1n) is 10.4. The van der Waals surface area contributed by atoms with Gasteiger partial charge in [0, 0.05) is 0 Å². The second-order valence-corrected chi connectivity index (χ2v) is 12.8. The molecule has 1 heterocycles. The van der Waals surface area contributed by atoms with Gasteiger partial charge in [-0.05, 0) is 0 Å². The minimum absolute atomic E-state index is 0.456. The Balaban J connectivity index is 1.50. The van der Waals surface area contributed by atoms with Crippen molar-refractivity contribution in [1.82, 2.24) is 4.31 Å². The number of hydrogen-bond donors (Lipinski definition) is 0. The Morgan fingerprint density at radius 1 is 1.12 bits per heavy atom. The summed E-state index contributed by atoms with van der Waals surface area (Å²) < 4.78 is 34.2. The van der Waals surface area contributed by atoms with Gasteiger partial charge in [-0.2, -0.15) is 0 Å². The Hall–Kier alpha value is -2.58. The summed E-state index contributed by atoms with van der Waals surface area (Å²) in [5.41, 5.74) is 5.19. The average molecular weight is 508 g/mol. The molecule has 0 fully saturated rings. The van der Waals surface area contributed by atoms with Crippen molar-refractivity contribution >= 4 is 34.5 Å². The fourth-order valence-corrected chi connectivity index (χ4v) is 7.33. The maximum absolute atomic E-state index is 11.9. The molecule has 0 saturated heterocycles. The van der Waals surface area contributed by atoms with Crippen LogP contribution < -0.4 is 13.4 Å². The van der Waals surface area contributed by atoms with E-state index in [1.807, 2.05) is 31.2 Å². The summed E-state index contributed by atoms with van der Waals surface area (Å²) in [6.45, 7) is 3.50. The number of aryl methyl sites for hydroxylation is 1. The van der Waals surface area contributed by atoms with E-state index in [-0.39, 0.29) is 0 Å². The predicted octanol–water partition coefficient (Wildman–Crippen LogP) is 2.15. The number of ether oxygens (including phenoxy) is 1. The van der Waals surface area contributed by atoms with Crippen LogP contribution in [0.25, 0.3) is 0 Å². The topological polar surface area (TPSA) is 70.4 Å². The molecular formula is C25H25AsN2O3S. The van der Waals surface area contributed by atoms with Gasteiger partial charge in [-0.25, -0.2) is 0 Å². The van der Waals surface area contributed by atoms with E-state index in [0.717, 1.165) is 28.9 Å². The molecule has 1 atom stereocenters. The van der Waals surface area contributed by atoms with Gasteiger partial charge in [0.1, 0.15) is 0 Å². The summed E-state index contributed by atoms with van der Waals surface area (Å²) >= 11 is -0.581. The summed E-state index contributed by atoms with van der Waals surface area (Å²) in [4.78, 5) is 0. The van der Waals surface area contributed by atoms with Gasteiger partial charge in [-0.3, -0.25) is 0 Å². The third-order valence-electron chi connectivity index (χ3n) is 5.64. The SMILES string of the molecule is Cc1ccc([AsH]c2cccc3c2CCN(S(C)(=O)=O)C3)cc1OCc1ccc(C#N)cc1. The van der Waals surface area contributed by atoms with Gasteiger partial charge >= 0.3 is 197 Å². The third kappa shape index (κ3) is 5.24. The van der Waals surface area contributed by atoms with Gasteiger partial charge in [0.15, 0.2) is 0 Å². The van der Waals surface area contributed by atoms with Crippen LogP contribution in [-0.2, 0) is 29.6 Å². The zero-order chi connectivity index (χ0) is 22.7. The normalized spacial score (nSPS) is 14.3. The van der Waals surface area contributed by atoms with E-state index < -0.39 is 25.8 Å². The van der Waals surface area contributed by atoms with Crippen LogP contribution in [0.4, 0.5) is 0 Å². The van der Waals surface area contributed by atoms with Crippen molar-refractivity contribution in [3.63, 3.8) is 0 Å². The molecule has 0 radical (unpaired) electrons. The zero-order valence-corrected chi connectivity index (χ0v) is 21.0. The number of nitriles is 1. The first kappa shape index (κ1) is 22.6. The molecule has 5 nitrogen and oxygen atoms in total. The monoisotopic (exact) mass is 508 g/mol. The summed E-state index contributed by atoms with van der Waals surface area (Å²) in [5, 5.41) is 8.94. The fraction of sp³-hybridized carbons (Fsp3) is 0.240. The molecule has 1 aliphatic heterocycles. The van der Waals surface area contributed by atoms with Gasteiger partial charge in [0.05, 0.1) is 0 Å². The van der Waals surface area contributed by atoms with Crippen LogP contribution in [0.5, 0.6) is 5.75 Å². The Morgan fingerprint density at radius 2 is 1.91 bits per heavy atom. The minimum atomic E-state index is -3.17. The second-order valence-electron chi connectivity index (χ2n) is 7.99. The first-order valence-corrected chi connectivity index (χ1v) is 14.3. The molecule has 0 saturated carbocycles. The number of nitrogens with zero attached hydrogens (tertiary/aromatic N) is 2. The first-order chi connectivity index (χ1) is 15.3. The average Bonchev–Trinajstić information content (AvgIpc) is 2.79. The van der Waals surface area contributed by atoms with Crippen molar-refractivity contribution in [3.05, 3.63) is 88.5 Å². The van der Waals surface area contributed by atoms with Crippen LogP contribution >= 0.6 is 0 Å². The van der Waals surface area contributed by atoms with Gasteiger partial charge in [-0.15, -0.1) is 0 Å². The molecule has 0 spiro atoms. The summed E-state index contributed by atoms with van der Waals surface area (Å²) in [6.07, 6.45) is 2.04. The molecule has 4 rings (SSSR count). The summed E-state index contributed by atoms with van der Waals surface area (Å²) in [6, 6.07) is 22.3. The third-order valence-corrected chi connectivity index (χ3v) is 9.70. The zero-order valence-electron chi connectivity index (χ0n) is 18.1. The number of hydrogen-bond acceptors (Lipinski definition) is 4. The van der Waals surface area contributed by atoms with Crippen LogP contribution in [-0.4, -0.2) is 41.3 Å². The van der Waals surface area contributed by atoms with Crippen LogP contribution in [0.3, 0.4) is 0 Å². The molecule has 7 heteroatoms. The van der Waals surface area contributed by atoms with E-state index >= 15 is 0 Å². The standard InChI is InChI=1S/C25H25AsN2O3S/c1-18-6-11-22(14-25(18)31-17-20-9-7-19(15-27)8-10-20)26-24-5-3-4-21-16-28(32(2,29)30)13-12-23(21)24/h3-11,14,26H,12-13,16-17H2,1-2H3. The van der Waals surface area contributed by atoms with Crippen molar-refractivity contribution < 1.29 is 13.2 Å². The summed E-state index contributed by atoms with van der Waals surface area (Å²) in [5.74, 6) is 0.878. The molecule has 0 aromatic heterocycles. The van der Waals surface area contributed by atoms with E-state index in [1.165, 1.54) is 20.5 Å². The van der Waals surface area contributed by atoms with Crippen LogP contribution in [0.15, 0.2) is 60.7 Å².